The molecule has 1 amide bonds. The molecule has 1 aliphatic carbocycles. The number of nitrogens with zero attached hydrogens (tertiary/aromatic N) is 1. The van der Waals surface area contributed by atoms with E-state index in [0.29, 0.717) is 41.3 Å². The van der Waals surface area contributed by atoms with Gasteiger partial charge in [-0.25, -0.2) is 0 Å². The van der Waals surface area contributed by atoms with Crippen molar-refractivity contribution in [3.8, 4) is 0 Å². The van der Waals surface area contributed by atoms with Gasteiger partial charge in [0.15, 0.2) is 0 Å². The second-order valence-electron chi connectivity index (χ2n) is 7.50. The minimum Gasteiger partial charge on any atom is -0.338 e. The van der Waals surface area contributed by atoms with Gasteiger partial charge in [-0.3, -0.25) is 4.79 Å². The van der Waals surface area contributed by atoms with Crippen molar-refractivity contribution in [1.82, 2.24) is 10.2 Å². The lowest BCUT2D eigenvalue weighted by Crippen LogP contribution is -2.47. The summed E-state index contributed by atoms with van der Waals surface area (Å²) in [6, 6.07) is 1.42. The van der Waals surface area contributed by atoms with Crippen LogP contribution in [-0.4, -0.2) is 35.5 Å². The first-order valence-electron chi connectivity index (χ1n) is 7.41. The molecule has 0 aromatic heterocycles. The SMILES string of the molecule is CC1(C)C(NC2CC(=O)N3CCCCC23)C1(C)C. The number of amides is 1. The zero-order valence-corrected chi connectivity index (χ0v) is 12.1. The summed E-state index contributed by atoms with van der Waals surface area (Å²) in [4.78, 5) is 14.2. The molecule has 2 heterocycles. The third-order valence-electron chi connectivity index (χ3n) is 6.13. The number of carbonyl (C=O) groups is 1. The average molecular weight is 250 g/mol. The molecular weight excluding hydrogens is 224 g/mol. The number of carbonyl (C=O) groups excluding carboxylic acids is 1. The molecule has 2 atom stereocenters. The first-order chi connectivity index (χ1) is 8.35. The summed E-state index contributed by atoms with van der Waals surface area (Å²) in [7, 11) is 0. The molecule has 1 N–H and O–H groups in total. The van der Waals surface area contributed by atoms with Crippen LogP contribution in [0.3, 0.4) is 0 Å². The van der Waals surface area contributed by atoms with E-state index in [4.69, 9.17) is 0 Å². The molecule has 102 valence electrons. The number of hydrogen-bond donors (Lipinski definition) is 1. The van der Waals surface area contributed by atoms with Crippen LogP contribution in [0, 0.1) is 10.8 Å². The Balaban J connectivity index is 1.70. The molecule has 3 fully saturated rings. The summed E-state index contributed by atoms with van der Waals surface area (Å²) in [6.07, 6.45) is 4.38. The Kier molecular flexibility index (Phi) is 2.58. The minimum atomic E-state index is 0.359. The molecule has 3 rings (SSSR count). The van der Waals surface area contributed by atoms with Crippen molar-refractivity contribution in [2.45, 2.75) is 71.5 Å². The summed E-state index contributed by atoms with van der Waals surface area (Å²) in [5.74, 6) is 0.369. The van der Waals surface area contributed by atoms with Crippen LogP contribution in [-0.2, 0) is 4.79 Å². The molecule has 0 aromatic rings. The molecule has 0 bridgehead atoms. The van der Waals surface area contributed by atoms with Gasteiger partial charge in [0.1, 0.15) is 0 Å². The summed E-state index contributed by atoms with van der Waals surface area (Å²) in [5.41, 5.74) is 0.719. The lowest BCUT2D eigenvalue weighted by molar-refractivity contribution is -0.129. The van der Waals surface area contributed by atoms with Crippen LogP contribution < -0.4 is 5.32 Å². The third-order valence-corrected chi connectivity index (χ3v) is 6.13. The maximum Gasteiger partial charge on any atom is 0.224 e. The van der Waals surface area contributed by atoms with Gasteiger partial charge in [0.05, 0.1) is 0 Å². The topological polar surface area (TPSA) is 32.3 Å². The molecule has 2 aliphatic heterocycles. The van der Waals surface area contributed by atoms with Gasteiger partial charge in [0, 0.05) is 31.1 Å². The quantitative estimate of drug-likeness (QED) is 0.814. The minimum absolute atomic E-state index is 0.359. The first-order valence-corrected chi connectivity index (χ1v) is 7.41. The Hall–Kier alpha value is -0.570. The number of nitrogens with one attached hydrogen (secondary N) is 1. The van der Waals surface area contributed by atoms with E-state index < -0.39 is 0 Å². The summed E-state index contributed by atoms with van der Waals surface area (Å²) in [5, 5.41) is 3.80. The summed E-state index contributed by atoms with van der Waals surface area (Å²) < 4.78 is 0. The van der Waals surface area contributed by atoms with E-state index in [1.54, 1.807) is 0 Å². The van der Waals surface area contributed by atoms with Gasteiger partial charge < -0.3 is 10.2 Å². The van der Waals surface area contributed by atoms with Crippen molar-refractivity contribution in [2.75, 3.05) is 6.54 Å². The van der Waals surface area contributed by atoms with Crippen LogP contribution in [0.25, 0.3) is 0 Å². The fourth-order valence-corrected chi connectivity index (χ4v) is 4.12. The Morgan fingerprint density at radius 3 is 2.44 bits per heavy atom. The molecule has 2 unspecified atom stereocenters. The zero-order chi connectivity index (χ0) is 13.1. The van der Waals surface area contributed by atoms with Gasteiger partial charge in [-0.05, 0) is 30.1 Å². The number of rotatable bonds is 2. The highest BCUT2D eigenvalue weighted by molar-refractivity contribution is 5.80. The van der Waals surface area contributed by atoms with E-state index in [2.05, 4.69) is 37.9 Å². The monoisotopic (exact) mass is 250 g/mol. The second-order valence-corrected chi connectivity index (χ2v) is 7.50. The molecule has 18 heavy (non-hydrogen) atoms. The maximum absolute atomic E-state index is 12.0. The molecule has 3 aliphatic rings. The lowest BCUT2D eigenvalue weighted by Gasteiger charge is -2.33. The van der Waals surface area contributed by atoms with Crippen LogP contribution in [0.5, 0.6) is 0 Å². The van der Waals surface area contributed by atoms with Crippen LogP contribution in [0.15, 0.2) is 0 Å². The molecular formula is C15H26N2O. The fraction of sp³-hybridized carbons (Fsp3) is 0.933. The van der Waals surface area contributed by atoms with Crippen molar-refractivity contribution in [2.24, 2.45) is 10.8 Å². The summed E-state index contributed by atoms with van der Waals surface area (Å²) >= 11 is 0. The Bertz CT molecular complexity index is 361. The van der Waals surface area contributed by atoms with E-state index >= 15 is 0 Å². The largest absolute Gasteiger partial charge is 0.338 e. The third kappa shape index (κ3) is 1.56. The van der Waals surface area contributed by atoms with Gasteiger partial charge in [0.2, 0.25) is 5.91 Å². The van der Waals surface area contributed by atoms with E-state index in [0.717, 1.165) is 6.54 Å². The molecule has 0 radical (unpaired) electrons. The molecule has 2 saturated heterocycles. The lowest BCUT2D eigenvalue weighted by atomic mass is 9.98. The normalized spacial score (nSPS) is 37.8. The fourth-order valence-electron chi connectivity index (χ4n) is 4.12. The van der Waals surface area contributed by atoms with E-state index in [1.807, 2.05) is 0 Å². The van der Waals surface area contributed by atoms with Crippen molar-refractivity contribution in [3.63, 3.8) is 0 Å². The van der Waals surface area contributed by atoms with Gasteiger partial charge in [-0.1, -0.05) is 27.7 Å². The standard InChI is InChI=1S/C15H26N2O/c1-14(2)13(15(14,3)4)16-10-9-12(18)17-8-6-5-7-11(10)17/h10-11,13,16H,5-9H2,1-4H3. The van der Waals surface area contributed by atoms with Gasteiger partial charge in [-0.2, -0.15) is 0 Å². The average Bonchev–Trinajstić information content (AvgIpc) is 2.59. The highest BCUT2D eigenvalue weighted by Gasteiger charge is 2.65. The number of piperidine rings is 1. The number of fused-ring (bicyclic) bond motifs is 1. The van der Waals surface area contributed by atoms with Gasteiger partial charge in [-0.15, -0.1) is 0 Å². The molecule has 3 nitrogen and oxygen atoms in total. The second kappa shape index (κ2) is 3.72. The molecule has 3 heteroatoms. The van der Waals surface area contributed by atoms with Crippen molar-refractivity contribution < 1.29 is 4.79 Å². The van der Waals surface area contributed by atoms with Crippen LogP contribution in [0.4, 0.5) is 0 Å². The smallest absolute Gasteiger partial charge is 0.224 e. The molecule has 0 spiro atoms. The summed E-state index contributed by atoms with van der Waals surface area (Å²) in [6.45, 7) is 10.3. The highest BCUT2D eigenvalue weighted by atomic mass is 16.2. The van der Waals surface area contributed by atoms with Crippen molar-refractivity contribution in [1.29, 1.82) is 0 Å². The van der Waals surface area contributed by atoms with Crippen molar-refractivity contribution >= 4 is 5.91 Å². The van der Waals surface area contributed by atoms with Crippen molar-refractivity contribution in [3.05, 3.63) is 0 Å². The first kappa shape index (κ1) is 12.5. The molecule has 1 saturated carbocycles. The zero-order valence-electron chi connectivity index (χ0n) is 12.1. The maximum atomic E-state index is 12.0. The van der Waals surface area contributed by atoms with Crippen LogP contribution in [0.2, 0.25) is 0 Å². The predicted molar refractivity (Wildman–Crippen MR) is 72.2 cm³/mol. The Labute approximate surface area is 110 Å². The van der Waals surface area contributed by atoms with E-state index in [9.17, 15) is 4.79 Å². The Morgan fingerprint density at radius 2 is 1.83 bits per heavy atom. The highest BCUT2D eigenvalue weighted by Crippen LogP contribution is 2.63. The van der Waals surface area contributed by atoms with E-state index in [1.165, 1.54) is 19.3 Å². The van der Waals surface area contributed by atoms with Crippen LogP contribution in [0.1, 0.15) is 53.4 Å². The van der Waals surface area contributed by atoms with Gasteiger partial charge in [0.25, 0.3) is 0 Å². The van der Waals surface area contributed by atoms with E-state index in [-0.39, 0.29) is 0 Å². The van der Waals surface area contributed by atoms with Gasteiger partial charge >= 0.3 is 0 Å². The number of hydrogen-bond acceptors (Lipinski definition) is 2. The predicted octanol–water partition coefficient (Wildman–Crippen LogP) is 2.16. The molecule has 0 aromatic carbocycles. The van der Waals surface area contributed by atoms with Crippen LogP contribution >= 0.6 is 0 Å². The Morgan fingerprint density at radius 1 is 1.17 bits per heavy atom.